The monoisotopic (exact) mass is 410 g/mol. The molecule has 24 heavy (non-hydrogen) atoms. The fourth-order valence-electron chi connectivity index (χ4n) is 2.03. The van der Waals surface area contributed by atoms with Crippen LogP contribution in [0.4, 0.5) is 0 Å². The highest BCUT2D eigenvalue weighted by Crippen LogP contribution is 2.27. The van der Waals surface area contributed by atoms with Crippen LogP contribution in [-0.4, -0.2) is 26.5 Å². The Morgan fingerprint density at radius 3 is 2.46 bits per heavy atom. The van der Waals surface area contributed by atoms with E-state index in [0.29, 0.717) is 10.0 Å². The summed E-state index contributed by atoms with van der Waals surface area (Å²) in [7, 11) is -2.70. The molecule has 0 radical (unpaired) electrons. The number of hydrogen-bond donors (Lipinski definition) is 1. The van der Waals surface area contributed by atoms with Gasteiger partial charge in [-0.1, -0.05) is 18.7 Å². The molecule has 0 aliphatic carbocycles. The van der Waals surface area contributed by atoms with Crippen LogP contribution in [0.3, 0.4) is 0 Å². The van der Waals surface area contributed by atoms with E-state index in [1.807, 2.05) is 0 Å². The fourth-order valence-corrected chi connectivity index (χ4v) is 4.25. The lowest BCUT2D eigenvalue weighted by Crippen LogP contribution is -2.32. The van der Waals surface area contributed by atoms with Gasteiger partial charge >= 0.3 is 5.97 Å². The molecule has 0 spiro atoms. The highest BCUT2D eigenvalue weighted by Gasteiger charge is 2.28. The van der Waals surface area contributed by atoms with Crippen molar-refractivity contribution in [3.63, 3.8) is 0 Å². The number of esters is 1. The van der Waals surface area contributed by atoms with Crippen LogP contribution in [0.25, 0.3) is 0 Å². The van der Waals surface area contributed by atoms with Gasteiger partial charge in [0.15, 0.2) is 0 Å². The zero-order chi connectivity index (χ0) is 17.7. The van der Waals surface area contributed by atoms with Crippen molar-refractivity contribution in [3.05, 3.63) is 71.0 Å². The first-order valence-corrected chi connectivity index (χ1v) is 9.08. The first-order valence-electron chi connectivity index (χ1n) is 6.80. The van der Waals surface area contributed by atoms with Gasteiger partial charge in [-0.3, -0.25) is 4.98 Å². The predicted molar refractivity (Wildman–Crippen MR) is 92.6 cm³/mol. The van der Waals surface area contributed by atoms with Crippen LogP contribution >= 0.6 is 15.9 Å². The van der Waals surface area contributed by atoms with E-state index < -0.39 is 22.0 Å². The van der Waals surface area contributed by atoms with Gasteiger partial charge in [-0.25, -0.2) is 13.2 Å². The molecule has 1 unspecified atom stereocenters. The summed E-state index contributed by atoms with van der Waals surface area (Å²) in [5.41, 5.74) is 0.496. The summed E-state index contributed by atoms with van der Waals surface area (Å²) >= 11 is 3.21. The maximum absolute atomic E-state index is 12.7. The number of benzene rings is 1. The molecule has 1 aromatic heterocycles. The summed E-state index contributed by atoms with van der Waals surface area (Å²) in [6, 6.07) is 8.61. The van der Waals surface area contributed by atoms with Gasteiger partial charge in [0.2, 0.25) is 10.0 Å². The Labute approximate surface area is 148 Å². The molecular weight excluding hydrogens is 396 g/mol. The molecule has 0 aliphatic heterocycles. The third-order valence-corrected chi connectivity index (χ3v) is 5.67. The minimum Gasteiger partial charge on any atom is -0.466 e. The summed E-state index contributed by atoms with van der Waals surface area (Å²) in [6.45, 7) is 3.67. The molecule has 1 atom stereocenters. The van der Waals surface area contributed by atoms with Crippen molar-refractivity contribution in [1.82, 2.24) is 9.71 Å². The van der Waals surface area contributed by atoms with E-state index in [0.717, 1.165) is 0 Å². The van der Waals surface area contributed by atoms with E-state index in [-0.39, 0.29) is 10.5 Å². The molecule has 0 amide bonds. The number of hydrogen-bond acceptors (Lipinski definition) is 5. The summed E-state index contributed by atoms with van der Waals surface area (Å²) < 4.78 is 33.0. The van der Waals surface area contributed by atoms with Crippen molar-refractivity contribution in [2.45, 2.75) is 10.9 Å². The molecule has 8 heteroatoms. The van der Waals surface area contributed by atoms with E-state index >= 15 is 0 Å². The quantitative estimate of drug-likeness (QED) is 0.584. The number of carbonyl (C=O) groups excluding carboxylic acids is 1. The third kappa shape index (κ3) is 4.08. The molecule has 0 bridgehead atoms. The molecule has 126 valence electrons. The predicted octanol–water partition coefficient (Wildman–Crippen LogP) is 2.59. The Kier molecular flexibility index (Phi) is 5.87. The maximum atomic E-state index is 12.7. The van der Waals surface area contributed by atoms with Gasteiger partial charge in [-0.05, 0) is 45.8 Å². The number of halogens is 1. The van der Waals surface area contributed by atoms with Gasteiger partial charge in [0.25, 0.3) is 0 Å². The van der Waals surface area contributed by atoms with Crippen molar-refractivity contribution in [3.8, 4) is 0 Å². The summed E-state index contributed by atoms with van der Waals surface area (Å²) in [6.07, 6.45) is 3.00. The number of pyridine rings is 1. The third-order valence-electron chi connectivity index (χ3n) is 3.23. The lowest BCUT2D eigenvalue weighted by atomic mass is 10.0. The van der Waals surface area contributed by atoms with Crippen LogP contribution in [0.5, 0.6) is 0 Å². The molecule has 1 aromatic carbocycles. The molecule has 0 saturated heterocycles. The van der Waals surface area contributed by atoms with Crippen LogP contribution < -0.4 is 4.72 Å². The first-order chi connectivity index (χ1) is 11.4. The molecule has 1 N–H and O–H groups in total. The first kappa shape index (κ1) is 18.3. The largest absolute Gasteiger partial charge is 0.466 e. The molecule has 0 saturated carbocycles. The molecule has 2 rings (SSSR count). The average Bonchev–Trinajstić information content (AvgIpc) is 2.59. The second-order valence-electron chi connectivity index (χ2n) is 4.78. The standard InChI is InChI=1S/C16H15BrN2O4S/c1-11(16(20)23-2)15(12-7-9-18-10-8-12)19-24(21,22)14-6-4-3-5-13(14)17/h3-10,15,19H,1H2,2H3. The Bertz CT molecular complexity index is 853. The van der Waals surface area contributed by atoms with Crippen LogP contribution in [0.1, 0.15) is 11.6 Å². The van der Waals surface area contributed by atoms with Crippen LogP contribution in [0.2, 0.25) is 0 Å². The fraction of sp³-hybridized carbons (Fsp3) is 0.125. The van der Waals surface area contributed by atoms with Crippen molar-refractivity contribution in [2.24, 2.45) is 0 Å². The van der Waals surface area contributed by atoms with E-state index in [1.54, 1.807) is 30.3 Å². The van der Waals surface area contributed by atoms with Crippen molar-refractivity contribution in [1.29, 1.82) is 0 Å². The Hall–Kier alpha value is -2.03. The van der Waals surface area contributed by atoms with Crippen molar-refractivity contribution >= 4 is 31.9 Å². The highest BCUT2D eigenvalue weighted by molar-refractivity contribution is 9.10. The lowest BCUT2D eigenvalue weighted by molar-refractivity contribution is -0.136. The molecule has 0 aliphatic rings. The van der Waals surface area contributed by atoms with Crippen LogP contribution in [-0.2, 0) is 19.6 Å². The van der Waals surface area contributed by atoms with Gasteiger partial charge in [-0.2, -0.15) is 4.72 Å². The second kappa shape index (κ2) is 7.69. The number of rotatable bonds is 6. The molecular formula is C16H15BrN2O4S. The summed E-state index contributed by atoms with van der Waals surface area (Å²) in [4.78, 5) is 15.8. The minimum atomic E-state index is -3.91. The smallest absolute Gasteiger partial charge is 0.335 e. The zero-order valence-corrected chi connectivity index (χ0v) is 15.2. The second-order valence-corrected chi connectivity index (χ2v) is 7.32. The Morgan fingerprint density at radius 1 is 1.25 bits per heavy atom. The number of nitrogens with zero attached hydrogens (tertiary/aromatic N) is 1. The Morgan fingerprint density at radius 2 is 1.88 bits per heavy atom. The SMILES string of the molecule is C=C(C(=O)OC)C(NS(=O)(=O)c1ccccc1Br)c1ccncc1. The van der Waals surface area contributed by atoms with Gasteiger partial charge in [-0.15, -0.1) is 0 Å². The Balaban J connectivity index is 2.44. The van der Waals surface area contributed by atoms with E-state index in [4.69, 9.17) is 0 Å². The number of methoxy groups -OCH3 is 1. The van der Waals surface area contributed by atoms with E-state index in [1.165, 1.54) is 25.6 Å². The molecule has 1 heterocycles. The van der Waals surface area contributed by atoms with Gasteiger partial charge in [0, 0.05) is 16.9 Å². The van der Waals surface area contributed by atoms with Crippen molar-refractivity contribution in [2.75, 3.05) is 7.11 Å². The summed E-state index contributed by atoms with van der Waals surface area (Å²) in [5, 5.41) is 0. The summed E-state index contributed by atoms with van der Waals surface area (Å²) in [5.74, 6) is -0.702. The van der Waals surface area contributed by atoms with Gasteiger partial charge in [0.1, 0.15) is 0 Å². The normalized spacial score (nSPS) is 12.4. The zero-order valence-electron chi connectivity index (χ0n) is 12.8. The van der Waals surface area contributed by atoms with Crippen LogP contribution in [0.15, 0.2) is 70.3 Å². The van der Waals surface area contributed by atoms with E-state index in [9.17, 15) is 13.2 Å². The average molecular weight is 411 g/mol. The van der Waals surface area contributed by atoms with Gasteiger partial charge < -0.3 is 4.74 Å². The minimum absolute atomic E-state index is 0.0284. The van der Waals surface area contributed by atoms with Gasteiger partial charge in [0.05, 0.1) is 23.6 Å². The number of ether oxygens (including phenoxy) is 1. The maximum Gasteiger partial charge on any atom is 0.335 e. The van der Waals surface area contributed by atoms with E-state index in [2.05, 4.69) is 37.0 Å². The molecule has 6 nitrogen and oxygen atoms in total. The number of nitrogens with one attached hydrogen (secondary N) is 1. The van der Waals surface area contributed by atoms with Crippen molar-refractivity contribution < 1.29 is 17.9 Å². The van der Waals surface area contributed by atoms with Crippen LogP contribution in [0, 0.1) is 0 Å². The topological polar surface area (TPSA) is 85.4 Å². The number of carbonyl (C=O) groups is 1. The molecule has 0 fully saturated rings. The number of aromatic nitrogens is 1. The lowest BCUT2D eigenvalue weighted by Gasteiger charge is -2.20. The number of sulfonamides is 1. The molecule has 2 aromatic rings. The highest BCUT2D eigenvalue weighted by atomic mass is 79.9.